The smallest absolute Gasteiger partial charge is 0.164 e. The lowest BCUT2D eigenvalue weighted by Crippen LogP contribution is -2.02. The molecule has 3 heterocycles. The Morgan fingerprint density at radius 2 is 1.04 bits per heavy atom. The highest BCUT2D eigenvalue weighted by Crippen LogP contribution is 2.44. The monoisotopic (exact) mass is 662 g/mol. The highest BCUT2D eigenvalue weighted by atomic mass is 32.1. The van der Waals surface area contributed by atoms with Gasteiger partial charge in [0.1, 0.15) is 0 Å². The molecule has 0 saturated carbocycles. The van der Waals surface area contributed by atoms with E-state index < -0.39 is 0 Å². The van der Waals surface area contributed by atoms with E-state index in [1.165, 1.54) is 17.4 Å². The fourth-order valence-corrected chi connectivity index (χ4v) is 7.84. The summed E-state index contributed by atoms with van der Waals surface area (Å²) in [5.41, 5.74) is 5.99. The van der Waals surface area contributed by atoms with Crippen LogP contribution < -0.4 is 0 Å². The second-order valence-electron chi connectivity index (χ2n) is 12.0. The van der Waals surface area contributed by atoms with Crippen molar-refractivity contribution in [3.8, 4) is 51.0 Å². The summed E-state index contributed by atoms with van der Waals surface area (Å²) in [5.74, 6) is 1.49. The SMILES string of the molecule is [2H]c1cc([2H])c2sc3c(-c4ccc(-c5nc(-c6ccccc6)nc(-c6ccccc6)n5)cc4-n4c5ccccc5c5ccccc54)c([2H])c([2H])c([2H])c3c2c1[2H]. The van der Waals surface area contributed by atoms with E-state index in [1.54, 1.807) is 0 Å². The van der Waals surface area contributed by atoms with Gasteiger partial charge in [0.05, 0.1) is 24.9 Å². The van der Waals surface area contributed by atoms with Crippen LogP contribution in [-0.2, 0) is 0 Å². The van der Waals surface area contributed by atoms with Crippen LogP contribution in [0.25, 0.3) is 93.0 Å². The van der Waals surface area contributed by atoms with Crippen molar-refractivity contribution in [2.45, 2.75) is 0 Å². The summed E-state index contributed by atoms with van der Waals surface area (Å²) < 4.78 is 56.6. The largest absolute Gasteiger partial charge is 0.309 e. The van der Waals surface area contributed by atoms with Gasteiger partial charge in [-0.2, -0.15) is 0 Å². The van der Waals surface area contributed by atoms with Crippen molar-refractivity contribution in [3.63, 3.8) is 0 Å². The molecule has 10 rings (SSSR count). The lowest BCUT2D eigenvalue weighted by molar-refractivity contribution is 1.07. The highest BCUT2D eigenvalue weighted by Gasteiger charge is 2.20. The van der Waals surface area contributed by atoms with Crippen molar-refractivity contribution in [2.24, 2.45) is 0 Å². The van der Waals surface area contributed by atoms with Gasteiger partial charge >= 0.3 is 0 Å². The summed E-state index contributed by atoms with van der Waals surface area (Å²) in [5, 5.41) is 2.69. The van der Waals surface area contributed by atoms with E-state index >= 15 is 0 Å². The maximum atomic E-state index is 9.42. The predicted molar refractivity (Wildman–Crippen MR) is 209 cm³/mol. The molecule has 0 spiro atoms. The van der Waals surface area contributed by atoms with Gasteiger partial charge in [0.25, 0.3) is 0 Å². The molecule has 0 bridgehead atoms. The minimum absolute atomic E-state index is 0.0712. The second-order valence-corrected chi connectivity index (χ2v) is 13.0. The summed E-state index contributed by atoms with van der Waals surface area (Å²) >= 11 is 1.23. The molecule has 0 unspecified atom stereocenters. The molecule has 0 fully saturated rings. The minimum Gasteiger partial charge on any atom is -0.309 e. The number of thiophene rings is 1. The van der Waals surface area contributed by atoms with Gasteiger partial charge in [-0.15, -0.1) is 11.3 Å². The molecule has 0 aliphatic heterocycles. The first-order chi connectivity index (χ1) is 27.3. The van der Waals surface area contributed by atoms with Gasteiger partial charge < -0.3 is 4.57 Å². The van der Waals surface area contributed by atoms with Gasteiger partial charge in [0, 0.05) is 58.8 Å². The minimum atomic E-state index is -0.289. The van der Waals surface area contributed by atoms with Crippen LogP contribution in [0.15, 0.2) is 170 Å². The fourth-order valence-electron chi connectivity index (χ4n) is 6.75. The first-order valence-electron chi connectivity index (χ1n) is 19.2. The van der Waals surface area contributed by atoms with Crippen molar-refractivity contribution in [1.29, 1.82) is 0 Å². The Labute approximate surface area is 301 Å². The van der Waals surface area contributed by atoms with E-state index in [9.17, 15) is 1.37 Å². The molecule has 5 heteroatoms. The molecule has 234 valence electrons. The lowest BCUT2D eigenvalue weighted by Gasteiger charge is -2.17. The number of hydrogen-bond acceptors (Lipinski definition) is 4. The average Bonchev–Trinajstić information content (AvgIpc) is 3.80. The van der Waals surface area contributed by atoms with E-state index in [2.05, 4.69) is 28.8 Å². The Balaban J connectivity index is 1.33. The Hall–Kier alpha value is -6.43. The van der Waals surface area contributed by atoms with Crippen LogP contribution in [-0.4, -0.2) is 19.5 Å². The molecule has 50 heavy (non-hydrogen) atoms. The Morgan fingerprint density at radius 1 is 0.460 bits per heavy atom. The van der Waals surface area contributed by atoms with Gasteiger partial charge in [0.15, 0.2) is 17.5 Å². The summed E-state index contributed by atoms with van der Waals surface area (Å²) in [6, 6.07) is 42.3. The molecule has 4 nitrogen and oxygen atoms in total. The first kappa shape index (κ1) is 23.0. The molecule has 10 aromatic rings. The third kappa shape index (κ3) is 4.63. The second kappa shape index (κ2) is 11.6. The van der Waals surface area contributed by atoms with Crippen molar-refractivity contribution < 1.29 is 8.22 Å². The third-order valence-corrected chi connectivity index (χ3v) is 10.2. The summed E-state index contributed by atoms with van der Waals surface area (Å²) in [6.07, 6.45) is 0. The van der Waals surface area contributed by atoms with Gasteiger partial charge in [-0.05, 0) is 24.2 Å². The fraction of sp³-hybridized carbons (Fsp3) is 0. The quantitative estimate of drug-likeness (QED) is 0.184. The van der Waals surface area contributed by atoms with Gasteiger partial charge in [-0.1, -0.05) is 145 Å². The van der Waals surface area contributed by atoms with E-state index in [0.29, 0.717) is 60.0 Å². The first-order valence-corrected chi connectivity index (χ1v) is 17.0. The Kier molecular flexibility index (Phi) is 5.35. The molecule has 0 radical (unpaired) electrons. The number of nitrogens with zero attached hydrogens (tertiary/aromatic N) is 4. The molecular formula is C45H28N4S. The van der Waals surface area contributed by atoms with E-state index in [0.717, 1.165) is 32.9 Å². The van der Waals surface area contributed by atoms with E-state index in [-0.39, 0.29) is 36.3 Å². The molecular weight excluding hydrogens is 629 g/mol. The molecule has 0 aliphatic rings. The van der Waals surface area contributed by atoms with Gasteiger partial charge in [-0.25, -0.2) is 15.0 Å². The zero-order valence-corrected chi connectivity index (χ0v) is 27.2. The van der Waals surface area contributed by atoms with Crippen LogP contribution in [0, 0.1) is 0 Å². The zero-order chi connectivity index (χ0) is 38.2. The molecule has 0 amide bonds. The number of hydrogen-bond donors (Lipinski definition) is 0. The van der Waals surface area contributed by atoms with Gasteiger partial charge in [-0.3, -0.25) is 0 Å². The lowest BCUT2D eigenvalue weighted by atomic mass is 9.98. The van der Waals surface area contributed by atoms with Crippen LogP contribution in [0.3, 0.4) is 0 Å². The van der Waals surface area contributed by atoms with Crippen LogP contribution in [0.4, 0.5) is 0 Å². The van der Waals surface area contributed by atoms with Crippen LogP contribution in [0.1, 0.15) is 8.22 Å². The summed E-state index contributed by atoms with van der Waals surface area (Å²) in [6.45, 7) is 0. The molecule has 0 N–H and O–H groups in total. The maximum Gasteiger partial charge on any atom is 0.164 e. The van der Waals surface area contributed by atoms with Crippen LogP contribution in [0.2, 0.25) is 0 Å². The molecule has 7 aromatic carbocycles. The number of fused-ring (bicyclic) bond motifs is 6. The standard InChI is InChI=1S/C45H28N4S/c1-3-14-29(15-4-1)43-46-44(30-16-5-2-6-17-30)48-45(47-43)31-26-27-34(36-21-13-22-37-35-20-9-12-25-41(35)50-42(36)37)40(28-31)49-38-23-10-7-18-32(38)33-19-8-11-24-39(33)49/h1-28H/i9D,13D,20D,21D,22D,25D. The molecule has 0 aliphatic carbocycles. The Bertz CT molecular complexity index is 3110. The number of rotatable bonds is 5. The zero-order valence-electron chi connectivity index (χ0n) is 32.4. The molecule has 3 aromatic heterocycles. The predicted octanol–water partition coefficient (Wildman–Crippen LogP) is 12.0. The summed E-state index contributed by atoms with van der Waals surface area (Å²) in [7, 11) is 0. The topological polar surface area (TPSA) is 43.6 Å². The van der Waals surface area contributed by atoms with Crippen LogP contribution >= 0.6 is 11.3 Å². The van der Waals surface area contributed by atoms with Crippen LogP contribution in [0.5, 0.6) is 0 Å². The molecule has 0 atom stereocenters. The Morgan fingerprint density at radius 3 is 1.70 bits per heavy atom. The van der Waals surface area contributed by atoms with Crippen molar-refractivity contribution in [2.75, 3.05) is 0 Å². The van der Waals surface area contributed by atoms with Crippen molar-refractivity contribution in [1.82, 2.24) is 19.5 Å². The highest BCUT2D eigenvalue weighted by molar-refractivity contribution is 7.26. The number of para-hydroxylation sites is 2. The van der Waals surface area contributed by atoms with Crippen molar-refractivity contribution >= 4 is 53.3 Å². The van der Waals surface area contributed by atoms with E-state index in [4.69, 9.17) is 21.8 Å². The normalized spacial score (nSPS) is 13.3. The van der Waals surface area contributed by atoms with E-state index in [1.807, 2.05) is 103 Å². The molecule has 0 saturated heterocycles. The number of benzene rings is 7. The van der Waals surface area contributed by atoms with Gasteiger partial charge in [0.2, 0.25) is 0 Å². The number of aromatic nitrogens is 4. The average molecular weight is 663 g/mol. The third-order valence-electron chi connectivity index (χ3n) is 9.03. The maximum absolute atomic E-state index is 9.42. The summed E-state index contributed by atoms with van der Waals surface area (Å²) in [4.78, 5) is 14.9. The van der Waals surface area contributed by atoms with Crippen molar-refractivity contribution in [3.05, 3.63) is 170 Å².